The van der Waals surface area contributed by atoms with Crippen molar-refractivity contribution in [1.29, 1.82) is 0 Å². The molecule has 3 rings (SSSR count). The molecule has 0 aliphatic heterocycles. The number of carbonyl (C=O) groups excluding carboxylic acids is 1. The SMILES string of the molecule is CC[C@@]1(C)CC[C@H]2[C@@H]([C@@H](Br)CC3=CC(=O)CC[C@@H]32)[C@@H]1C. The van der Waals surface area contributed by atoms with Gasteiger partial charge in [0.15, 0.2) is 5.78 Å². The smallest absolute Gasteiger partial charge is 0.155 e. The second kappa shape index (κ2) is 5.26. The first kappa shape index (κ1) is 14.8. The first-order chi connectivity index (χ1) is 9.46. The molecule has 3 aliphatic rings. The van der Waals surface area contributed by atoms with Crippen LogP contribution >= 0.6 is 15.9 Å². The highest BCUT2D eigenvalue weighted by Crippen LogP contribution is 2.58. The van der Waals surface area contributed by atoms with Crippen LogP contribution in [0.1, 0.15) is 59.3 Å². The molecule has 0 aromatic carbocycles. The lowest BCUT2D eigenvalue weighted by Gasteiger charge is -2.55. The summed E-state index contributed by atoms with van der Waals surface area (Å²) in [6.45, 7) is 7.33. The van der Waals surface area contributed by atoms with E-state index in [1.807, 2.05) is 6.08 Å². The van der Waals surface area contributed by atoms with E-state index in [1.165, 1.54) is 24.8 Å². The summed E-state index contributed by atoms with van der Waals surface area (Å²) in [6.07, 6.45) is 8.99. The van der Waals surface area contributed by atoms with Gasteiger partial charge in [-0.3, -0.25) is 4.79 Å². The van der Waals surface area contributed by atoms with Gasteiger partial charge in [0, 0.05) is 11.2 Å². The van der Waals surface area contributed by atoms with Crippen LogP contribution in [0.5, 0.6) is 0 Å². The van der Waals surface area contributed by atoms with Crippen molar-refractivity contribution in [3.05, 3.63) is 11.6 Å². The molecule has 6 atom stereocenters. The van der Waals surface area contributed by atoms with Crippen LogP contribution in [-0.2, 0) is 4.79 Å². The Hall–Kier alpha value is -0.110. The zero-order chi connectivity index (χ0) is 14.5. The molecule has 0 saturated heterocycles. The van der Waals surface area contributed by atoms with E-state index in [-0.39, 0.29) is 0 Å². The molecular formula is C18H27BrO. The number of rotatable bonds is 1. The van der Waals surface area contributed by atoms with Gasteiger partial charge in [0.05, 0.1) is 0 Å². The van der Waals surface area contributed by atoms with Crippen LogP contribution in [0.15, 0.2) is 11.6 Å². The van der Waals surface area contributed by atoms with Crippen molar-refractivity contribution in [2.24, 2.45) is 29.1 Å². The van der Waals surface area contributed by atoms with E-state index in [0.29, 0.717) is 21.9 Å². The third-order valence-electron chi connectivity index (χ3n) is 6.92. The zero-order valence-corrected chi connectivity index (χ0v) is 14.6. The second-order valence-corrected chi connectivity index (χ2v) is 8.80. The number of carbonyl (C=O) groups is 1. The largest absolute Gasteiger partial charge is 0.295 e. The van der Waals surface area contributed by atoms with Crippen LogP contribution < -0.4 is 0 Å². The average Bonchev–Trinajstić information content (AvgIpc) is 2.42. The van der Waals surface area contributed by atoms with Gasteiger partial charge in [0.2, 0.25) is 0 Å². The maximum absolute atomic E-state index is 11.7. The van der Waals surface area contributed by atoms with Crippen LogP contribution in [0.4, 0.5) is 0 Å². The van der Waals surface area contributed by atoms with Gasteiger partial charge in [-0.1, -0.05) is 48.7 Å². The summed E-state index contributed by atoms with van der Waals surface area (Å²) < 4.78 is 0. The van der Waals surface area contributed by atoms with Crippen LogP contribution in [0.2, 0.25) is 0 Å². The molecule has 0 unspecified atom stereocenters. The fourth-order valence-corrected chi connectivity index (χ4v) is 6.46. The Morgan fingerprint density at radius 1 is 1.40 bits per heavy atom. The van der Waals surface area contributed by atoms with Crippen molar-refractivity contribution in [2.75, 3.05) is 0 Å². The van der Waals surface area contributed by atoms with Gasteiger partial charge < -0.3 is 0 Å². The van der Waals surface area contributed by atoms with Crippen LogP contribution in [0, 0.1) is 29.1 Å². The number of ketones is 1. The summed E-state index contributed by atoms with van der Waals surface area (Å²) >= 11 is 3.98. The number of hydrogen-bond donors (Lipinski definition) is 0. The quantitative estimate of drug-likeness (QED) is 0.605. The molecule has 0 radical (unpaired) electrons. The van der Waals surface area contributed by atoms with E-state index >= 15 is 0 Å². The fourth-order valence-electron chi connectivity index (χ4n) is 5.23. The fraction of sp³-hybridized carbons (Fsp3) is 0.833. The Kier molecular flexibility index (Phi) is 3.90. The maximum atomic E-state index is 11.7. The molecule has 0 aromatic rings. The molecule has 0 bridgehead atoms. The lowest BCUT2D eigenvalue weighted by molar-refractivity contribution is -0.116. The normalized spacial score (nSPS) is 48.3. The van der Waals surface area contributed by atoms with Gasteiger partial charge >= 0.3 is 0 Å². The summed E-state index contributed by atoms with van der Waals surface area (Å²) in [5, 5.41) is 0. The van der Waals surface area contributed by atoms with E-state index in [0.717, 1.165) is 37.0 Å². The van der Waals surface area contributed by atoms with E-state index in [2.05, 4.69) is 36.7 Å². The Labute approximate surface area is 131 Å². The summed E-state index contributed by atoms with van der Waals surface area (Å²) in [4.78, 5) is 12.3. The van der Waals surface area contributed by atoms with Crippen molar-refractivity contribution in [3.8, 4) is 0 Å². The highest BCUT2D eigenvalue weighted by atomic mass is 79.9. The molecule has 0 aromatic heterocycles. The van der Waals surface area contributed by atoms with E-state index in [4.69, 9.17) is 0 Å². The number of alkyl halides is 1. The van der Waals surface area contributed by atoms with Gasteiger partial charge in [-0.2, -0.15) is 0 Å². The summed E-state index contributed by atoms with van der Waals surface area (Å²) in [5.41, 5.74) is 1.97. The lowest BCUT2D eigenvalue weighted by Crippen LogP contribution is -2.49. The summed E-state index contributed by atoms with van der Waals surface area (Å²) in [5.74, 6) is 3.45. The number of halogens is 1. The first-order valence-corrected chi connectivity index (χ1v) is 9.25. The number of hydrogen-bond acceptors (Lipinski definition) is 1. The molecule has 0 heterocycles. The average molecular weight is 339 g/mol. The van der Waals surface area contributed by atoms with Gasteiger partial charge in [-0.05, 0) is 60.8 Å². The Bertz CT molecular complexity index is 441. The highest BCUT2D eigenvalue weighted by molar-refractivity contribution is 9.09. The van der Waals surface area contributed by atoms with Crippen LogP contribution in [-0.4, -0.2) is 10.6 Å². The first-order valence-electron chi connectivity index (χ1n) is 8.33. The van der Waals surface area contributed by atoms with Crippen molar-refractivity contribution in [3.63, 3.8) is 0 Å². The molecule has 2 saturated carbocycles. The molecule has 0 spiro atoms. The summed E-state index contributed by atoms with van der Waals surface area (Å²) in [7, 11) is 0. The predicted molar refractivity (Wildman–Crippen MR) is 86.9 cm³/mol. The molecule has 0 amide bonds. The van der Waals surface area contributed by atoms with Crippen molar-refractivity contribution >= 4 is 21.7 Å². The minimum atomic E-state index is 0.358. The van der Waals surface area contributed by atoms with Crippen LogP contribution in [0.25, 0.3) is 0 Å². The second-order valence-electron chi connectivity index (χ2n) is 7.63. The number of fused-ring (bicyclic) bond motifs is 3. The number of allylic oxidation sites excluding steroid dienone is 2. The Morgan fingerprint density at radius 2 is 2.15 bits per heavy atom. The van der Waals surface area contributed by atoms with Crippen molar-refractivity contribution in [1.82, 2.24) is 0 Å². The standard InChI is InChI=1S/C18H27BrO/c1-4-18(3)8-7-15-14-6-5-13(20)9-12(14)10-16(19)17(15)11(18)2/h9,11,14-17H,4-8,10H2,1-3H3/t11-,14-,15+,16-,17-,18-/m0/s1. The lowest BCUT2D eigenvalue weighted by atomic mass is 9.51. The van der Waals surface area contributed by atoms with E-state index < -0.39 is 0 Å². The molecule has 1 nitrogen and oxygen atoms in total. The molecule has 20 heavy (non-hydrogen) atoms. The van der Waals surface area contributed by atoms with Gasteiger partial charge in [0.1, 0.15) is 0 Å². The minimum absolute atomic E-state index is 0.358. The van der Waals surface area contributed by atoms with Gasteiger partial charge in [0.25, 0.3) is 0 Å². The van der Waals surface area contributed by atoms with Crippen molar-refractivity contribution < 1.29 is 4.79 Å². The molecule has 0 N–H and O–H groups in total. The zero-order valence-electron chi connectivity index (χ0n) is 13.0. The van der Waals surface area contributed by atoms with Crippen LogP contribution in [0.3, 0.4) is 0 Å². The van der Waals surface area contributed by atoms with Crippen molar-refractivity contribution in [2.45, 2.75) is 64.1 Å². The minimum Gasteiger partial charge on any atom is -0.295 e. The van der Waals surface area contributed by atoms with E-state index in [9.17, 15) is 4.79 Å². The maximum Gasteiger partial charge on any atom is 0.155 e. The van der Waals surface area contributed by atoms with Gasteiger partial charge in [-0.25, -0.2) is 0 Å². The molecule has 2 heteroatoms. The van der Waals surface area contributed by atoms with E-state index in [1.54, 1.807) is 0 Å². The van der Waals surface area contributed by atoms with Gasteiger partial charge in [-0.15, -0.1) is 0 Å². The molecule has 3 aliphatic carbocycles. The predicted octanol–water partition coefficient (Wildman–Crippen LogP) is 5.14. The molecule has 112 valence electrons. The molecule has 2 fully saturated rings. The topological polar surface area (TPSA) is 17.1 Å². The Balaban J connectivity index is 1.91. The highest BCUT2D eigenvalue weighted by Gasteiger charge is 2.51. The Morgan fingerprint density at radius 3 is 2.85 bits per heavy atom. The molecular weight excluding hydrogens is 312 g/mol. The third-order valence-corrected chi connectivity index (χ3v) is 7.85. The summed E-state index contributed by atoms with van der Waals surface area (Å²) in [6, 6.07) is 0. The third kappa shape index (κ3) is 2.23. The monoisotopic (exact) mass is 338 g/mol.